The number of benzene rings is 2. The summed E-state index contributed by atoms with van der Waals surface area (Å²) in [4.78, 5) is 11.0. The second kappa shape index (κ2) is 5.71. The van der Waals surface area contributed by atoms with Crippen molar-refractivity contribution in [3.63, 3.8) is 0 Å². The number of rotatable bonds is 4. The Morgan fingerprint density at radius 3 is 2.63 bits per heavy atom. The van der Waals surface area contributed by atoms with Crippen molar-refractivity contribution in [1.82, 2.24) is 0 Å². The summed E-state index contributed by atoms with van der Waals surface area (Å²) >= 11 is 5.95. The molecule has 2 rings (SSSR count). The van der Waals surface area contributed by atoms with Crippen LogP contribution in [-0.2, 0) is 6.61 Å². The Bertz CT molecular complexity index is 613. The molecule has 0 spiro atoms. The van der Waals surface area contributed by atoms with Gasteiger partial charge in [0.05, 0.1) is 0 Å². The maximum Gasteiger partial charge on any atom is 0.342 e. The molecule has 0 saturated heterocycles. The van der Waals surface area contributed by atoms with E-state index >= 15 is 0 Å². The smallest absolute Gasteiger partial charge is 0.342 e. The van der Waals surface area contributed by atoms with Gasteiger partial charge in [-0.1, -0.05) is 35.9 Å². The van der Waals surface area contributed by atoms with Crippen LogP contribution < -0.4 is 4.74 Å². The third-order valence-corrected chi connectivity index (χ3v) is 2.90. The molecule has 0 bridgehead atoms. The van der Waals surface area contributed by atoms with E-state index in [0.29, 0.717) is 10.6 Å². The first-order chi connectivity index (χ1) is 9.09. The number of aromatic carboxylic acids is 1. The number of halogens is 2. The van der Waals surface area contributed by atoms with E-state index in [1.807, 2.05) is 0 Å². The Labute approximate surface area is 114 Å². The third kappa shape index (κ3) is 3.03. The fourth-order valence-corrected chi connectivity index (χ4v) is 1.79. The van der Waals surface area contributed by atoms with Gasteiger partial charge in [0.15, 0.2) is 0 Å². The molecule has 2 aromatic rings. The molecule has 0 aromatic heterocycles. The van der Waals surface area contributed by atoms with Crippen molar-refractivity contribution < 1.29 is 19.0 Å². The second-order valence-corrected chi connectivity index (χ2v) is 4.21. The summed E-state index contributed by atoms with van der Waals surface area (Å²) in [5.41, 5.74) is 0.222. The van der Waals surface area contributed by atoms with Crippen molar-refractivity contribution in [3.05, 3.63) is 64.4 Å². The molecule has 0 aliphatic rings. The average Bonchev–Trinajstić information content (AvgIpc) is 2.37. The largest absolute Gasteiger partial charge is 0.488 e. The first-order valence-corrected chi connectivity index (χ1v) is 5.85. The van der Waals surface area contributed by atoms with Gasteiger partial charge in [0, 0.05) is 10.6 Å². The van der Waals surface area contributed by atoms with Gasteiger partial charge in [-0.25, -0.2) is 9.18 Å². The minimum atomic E-state index is -1.37. The van der Waals surface area contributed by atoms with Crippen LogP contribution in [0.2, 0.25) is 5.02 Å². The summed E-state index contributed by atoms with van der Waals surface area (Å²) in [6.07, 6.45) is 0. The van der Waals surface area contributed by atoms with E-state index in [1.165, 1.54) is 12.1 Å². The van der Waals surface area contributed by atoms with Crippen molar-refractivity contribution in [2.45, 2.75) is 6.61 Å². The lowest BCUT2D eigenvalue weighted by molar-refractivity contribution is 0.0686. The Balaban J connectivity index is 2.23. The van der Waals surface area contributed by atoms with Crippen molar-refractivity contribution in [1.29, 1.82) is 0 Å². The van der Waals surface area contributed by atoms with Gasteiger partial charge in [-0.15, -0.1) is 0 Å². The van der Waals surface area contributed by atoms with Gasteiger partial charge in [0.2, 0.25) is 0 Å². The zero-order valence-electron chi connectivity index (χ0n) is 9.77. The van der Waals surface area contributed by atoms with Gasteiger partial charge in [-0.3, -0.25) is 0 Å². The highest BCUT2D eigenvalue weighted by molar-refractivity contribution is 6.31. The van der Waals surface area contributed by atoms with E-state index in [9.17, 15) is 9.18 Å². The molecule has 98 valence electrons. The molecular weight excluding hydrogens is 271 g/mol. The van der Waals surface area contributed by atoms with Crippen molar-refractivity contribution in [3.8, 4) is 5.75 Å². The Morgan fingerprint density at radius 1 is 1.21 bits per heavy atom. The average molecular weight is 281 g/mol. The van der Waals surface area contributed by atoms with Crippen LogP contribution in [0.4, 0.5) is 4.39 Å². The van der Waals surface area contributed by atoms with Crippen LogP contribution in [0, 0.1) is 5.82 Å². The van der Waals surface area contributed by atoms with Crippen LogP contribution in [0.15, 0.2) is 42.5 Å². The van der Waals surface area contributed by atoms with E-state index < -0.39 is 17.3 Å². The fraction of sp³-hybridized carbons (Fsp3) is 0.0714. The maximum absolute atomic E-state index is 13.4. The molecule has 0 aliphatic carbocycles. The summed E-state index contributed by atoms with van der Waals surface area (Å²) in [5, 5.41) is 9.46. The predicted octanol–water partition coefficient (Wildman–Crippen LogP) is 3.76. The Hall–Kier alpha value is -2.07. The van der Waals surface area contributed by atoms with Gasteiger partial charge in [-0.05, 0) is 18.2 Å². The third-order valence-electron chi connectivity index (χ3n) is 2.53. The van der Waals surface area contributed by atoms with Crippen molar-refractivity contribution >= 4 is 17.6 Å². The first kappa shape index (κ1) is 13.4. The molecule has 0 amide bonds. The lowest BCUT2D eigenvalue weighted by Crippen LogP contribution is -2.06. The molecule has 0 heterocycles. The van der Waals surface area contributed by atoms with Gasteiger partial charge in [0.25, 0.3) is 0 Å². The molecule has 0 aliphatic heterocycles. The molecule has 19 heavy (non-hydrogen) atoms. The summed E-state index contributed by atoms with van der Waals surface area (Å²) in [5.74, 6) is -2.22. The maximum atomic E-state index is 13.4. The zero-order chi connectivity index (χ0) is 13.8. The highest BCUT2D eigenvalue weighted by atomic mass is 35.5. The number of hydrogen-bond donors (Lipinski definition) is 1. The molecule has 2 aromatic carbocycles. The second-order valence-electron chi connectivity index (χ2n) is 3.80. The monoisotopic (exact) mass is 280 g/mol. The van der Waals surface area contributed by atoms with Crippen LogP contribution in [-0.4, -0.2) is 11.1 Å². The van der Waals surface area contributed by atoms with E-state index in [0.717, 1.165) is 6.07 Å². The van der Waals surface area contributed by atoms with Crippen molar-refractivity contribution in [2.24, 2.45) is 0 Å². The summed E-state index contributed by atoms with van der Waals surface area (Å²) < 4.78 is 18.8. The van der Waals surface area contributed by atoms with E-state index in [1.54, 1.807) is 24.3 Å². The number of carboxylic acids is 1. The normalized spacial score (nSPS) is 10.2. The highest BCUT2D eigenvalue weighted by Crippen LogP contribution is 2.24. The van der Waals surface area contributed by atoms with E-state index in [2.05, 4.69) is 0 Å². The van der Waals surface area contributed by atoms with Crippen LogP contribution in [0.5, 0.6) is 5.75 Å². The van der Waals surface area contributed by atoms with Gasteiger partial charge < -0.3 is 9.84 Å². The molecule has 0 saturated carbocycles. The number of carboxylic acid groups (broad SMARTS) is 1. The predicted molar refractivity (Wildman–Crippen MR) is 69.1 cm³/mol. The number of carbonyl (C=O) groups is 1. The molecule has 0 fully saturated rings. The van der Waals surface area contributed by atoms with E-state index in [-0.39, 0.29) is 12.4 Å². The molecule has 0 unspecified atom stereocenters. The van der Waals surface area contributed by atoms with Gasteiger partial charge in [0.1, 0.15) is 23.7 Å². The molecule has 5 heteroatoms. The van der Waals surface area contributed by atoms with Crippen LogP contribution >= 0.6 is 11.6 Å². The number of ether oxygens (including phenoxy) is 1. The standard InChI is InChI=1S/C14H10ClFO3/c15-10-5-2-1-4-9(10)8-19-12-7-3-6-11(16)13(12)14(17)18/h1-7H,8H2,(H,17,18). The molecule has 0 atom stereocenters. The summed E-state index contributed by atoms with van der Waals surface area (Å²) in [6, 6.07) is 10.9. The Kier molecular flexibility index (Phi) is 4.02. The van der Waals surface area contributed by atoms with Gasteiger partial charge >= 0.3 is 5.97 Å². The zero-order valence-corrected chi connectivity index (χ0v) is 10.5. The topological polar surface area (TPSA) is 46.5 Å². The summed E-state index contributed by atoms with van der Waals surface area (Å²) in [6.45, 7) is 0.0728. The minimum Gasteiger partial charge on any atom is -0.488 e. The Morgan fingerprint density at radius 2 is 1.95 bits per heavy atom. The molecule has 3 nitrogen and oxygen atoms in total. The lowest BCUT2D eigenvalue weighted by Gasteiger charge is -2.10. The van der Waals surface area contributed by atoms with E-state index in [4.69, 9.17) is 21.4 Å². The SMILES string of the molecule is O=C(O)c1c(F)cccc1OCc1ccccc1Cl. The van der Waals surface area contributed by atoms with Crippen LogP contribution in [0.25, 0.3) is 0 Å². The quantitative estimate of drug-likeness (QED) is 0.927. The minimum absolute atomic E-state index is 0.0209. The van der Waals surface area contributed by atoms with Crippen molar-refractivity contribution in [2.75, 3.05) is 0 Å². The first-order valence-electron chi connectivity index (χ1n) is 5.47. The molecule has 0 radical (unpaired) electrons. The number of hydrogen-bond acceptors (Lipinski definition) is 2. The lowest BCUT2D eigenvalue weighted by atomic mass is 10.2. The van der Waals surface area contributed by atoms with Crippen LogP contribution in [0.3, 0.4) is 0 Å². The molecular formula is C14H10ClFO3. The fourth-order valence-electron chi connectivity index (χ4n) is 1.60. The highest BCUT2D eigenvalue weighted by Gasteiger charge is 2.17. The van der Waals surface area contributed by atoms with Gasteiger partial charge in [-0.2, -0.15) is 0 Å². The summed E-state index contributed by atoms with van der Waals surface area (Å²) in [7, 11) is 0. The molecule has 1 N–H and O–H groups in total. The van der Waals surface area contributed by atoms with Crippen LogP contribution in [0.1, 0.15) is 15.9 Å².